The second-order valence-electron chi connectivity index (χ2n) is 4.83. The fourth-order valence-electron chi connectivity index (χ4n) is 0.749. The molecule has 0 aliphatic carbocycles. The van der Waals surface area contributed by atoms with Crippen molar-refractivity contribution < 1.29 is 0 Å². The van der Waals surface area contributed by atoms with Gasteiger partial charge in [-0.1, -0.05) is 33.9 Å². The highest BCUT2D eigenvalue weighted by Gasteiger charge is 2.36. The van der Waals surface area contributed by atoms with Gasteiger partial charge in [-0.3, -0.25) is 0 Å². The minimum absolute atomic E-state index is 0.305. The molecule has 0 bridgehead atoms. The molecule has 74 valence electrons. The van der Waals surface area contributed by atoms with Crippen LogP contribution in [0.3, 0.4) is 0 Å². The minimum atomic E-state index is -1.49. The third-order valence-corrected chi connectivity index (χ3v) is 7.33. The second kappa shape index (κ2) is 3.14. The number of nitrogens with one attached hydrogen (secondary N) is 2. The number of rotatable bonds is 2. The van der Waals surface area contributed by atoms with E-state index in [0.29, 0.717) is 5.04 Å². The molecule has 13 heavy (non-hydrogen) atoms. The van der Waals surface area contributed by atoms with Gasteiger partial charge in [0, 0.05) is 0 Å². The van der Waals surface area contributed by atoms with Crippen LogP contribution in [0, 0.1) is 0 Å². The molecule has 0 amide bonds. The van der Waals surface area contributed by atoms with Crippen LogP contribution in [-0.2, 0) is 0 Å². The molecule has 0 aliphatic rings. The lowest BCUT2D eigenvalue weighted by atomic mass is 10.2. The molecular weight excluding hydrogens is 180 g/mol. The molecule has 1 heterocycles. The van der Waals surface area contributed by atoms with Crippen molar-refractivity contribution in [2.24, 2.45) is 0 Å². The van der Waals surface area contributed by atoms with Gasteiger partial charge >= 0.3 is 0 Å². The van der Waals surface area contributed by atoms with Gasteiger partial charge in [0.05, 0.1) is 0 Å². The lowest BCUT2D eigenvalue weighted by molar-refractivity contribution is 0.722. The zero-order valence-electron chi connectivity index (χ0n) is 8.97. The number of aromatic amines is 1. The average molecular weight is 198 g/mol. The van der Waals surface area contributed by atoms with E-state index in [4.69, 9.17) is 0 Å². The van der Waals surface area contributed by atoms with Crippen molar-refractivity contribution in [2.45, 2.75) is 38.9 Å². The fraction of sp³-hybridized carbons (Fsp3) is 0.750. The predicted molar refractivity (Wildman–Crippen MR) is 57.2 cm³/mol. The molecule has 0 aromatic carbocycles. The fourth-order valence-corrected chi connectivity index (χ4v) is 1.84. The van der Waals surface area contributed by atoms with Gasteiger partial charge in [-0.05, 0) is 5.04 Å². The normalized spacial score (nSPS) is 13.0. The Morgan fingerprint density at radius 1 is 1.38 bits per heavy atom. The average Bonchev–Trinajstić information content (AvgIpc) is 2.35. The number of anilines is 1. The summed E-state index contributed by atoms with van der Waals surface area (Å²) in [6.45, 7) is 11.3. The van der Waals surface area contributed by atoms with Gasteiger partial charge in [0.15, 0.2) is 8.24 Å². The number of hydrogen-bond donors (Lipinski definition) is 2. The van der Waals surface area contributed by atoms with E-state index in [9.17, 15) is 0 Å². The van der Waals surface area contributed by atoms with Crippen molar-refractivity contribution >= 4 is 14.2 Å². The number of H-pyrrole nitrogens is 1. The Labute approximate surface area is 80.2 Å². The first-order chi connectivity index (χ1) is 5.83. The summed E-state index contributed by atoms with van der Waals surface area (Å²) in [4.78, 5) is 7.52. The van der Waals surface area contributed by atoms with Gasteiger partial charge in [0.2, 0.25) is 5.95 Å². The Morgan fingerprint density at radius 2 is 2.00 bits per heavy atom. The topological polar surface area (TPSA) is 53.6 Å². The van der Waals surface area contributed by atoms with Crippen molar-refractivity contribution in [1.82, 2.24) is 15.2 Å². The molecular formula is C8H18N4Si. The molecule has 1 rings (SSSR count). The molecule has 4 nitrogen and oxygen atoms in total. The maximum Gasteiger partial charge on any atom is 0.210 e. The second-order valence-corrected chi connectivity index (χ2v) is 9.83. The molecule has 0 spiro atoms. The molecule has 5 heteroatoms. The highest BCUT2D eigenvalue weighted by atomic mass is 28.3. The monoisotopic (exact) mass is 198 g/mol. The summed E-state index contributed by atoms with van der Waals surface area (Å²) in [6.07, 6.45) is 1.52. The van der Waals surface area contributed by atoms with E-state index in [1.165, 1.54) is 6.33 Å². The van der Waals surface area contributed by atoms with Gasteiger partial charge in [0.1, 0.15) is 6.33 Å². The van der Waals surface area contributed by atoms with Gasteiger partial charge < -0.3 is 4.98 Å². The number of aromatic nitrogens is 3. The van der Waals surface area contributed by atoms with Crippen LogP contribution in [0.5, 0.6) is 0 Å². The summed E-state index contributed by atoms with van der Waals surface area (Å²) < 4.78 is 0. The molecule has 0 unspecified atom stereocenters. The molecule has 1 aromatic rings. The van der Waals surface area contributed by atoms with E-state index in [2.05, 4.69) is 54.0 Å². The Balaban J connectivity index is 2.73. The zero-order chi connectivity index (χ0) is 10.1. The maximum absolute atomic E-state index is 4.07. The number of hydrogen-bond acceptors (Lipinski definition) is 3. The van der Waals surface area contributed by atoms with Crippen LogP contribution in [0.15, 0.2) is 6.33 Å². The molecule has 0 radical (unpaired) electrons. The summed E-state index contributed by atoms with van der Waals surface area (Å²) in [5, 5.41) is 6.95. The molecule has 0 saturated heterocycles. The molecule has 1 aromatic heterocycles. The third kappa shape index (κ3) is 2.30. The van der Waals surface area contributed by atoms with Crippen LogP contribution < -0.4 is 4.98 Å². The minimum Gasteiger partial charge on any atom is -0.380 e. The van der Waals surface area contributed by atoms with Crippen LogP contribution in [0.25, 0.3) is 0 Å². The van der Waals surface area contributed by atoms with Crippen LogP contribution in [-0.4, -0.2) is 23.4 Å². The van der Waals surface area contributed by atoms with E-state index in [1.807, 2.05) is 0 Å². The van der Waals surface area contributed by atoms with E-state index in [1.54, 1.807) is 0 Å². The van der Waals surface area contributed by atoms with Gasteiger partial charge in [0.25, 0.3) is 0 Å². The van der Waals surface area contributed by atoms with Gasteiger partial charge in [-0.15, -0.1) is 0 Å². The SMILES string of the molecule is CC(C)(C)[Si](C)(C)Nc1ncn[nH]1. The molecule has 0 fully saturated rings. The maximum atomic E-state index is 4.07. The van der Waals surface area contributed by atoms with Gasteiger partial charge in [-0.2, -0.15) is 5.10 Å². The standard InChI is InChI=1S/C8H18N4Si/c1-8(2,3)13(4,5)12-7-9-6-10-11-7/h6H,1-5H3,(H2,9,10,11,12). The van der Waals surface area contributed by atoms with E-state index in [0.717, 1.165) is 5.95 Å². The van der Waals surface area contributed by atoms with Crippen LogP contribution in [0.1, 0.15) is 20.8 Å². The lowest BCUT2D eigenvalue weighted by Gasteiger charge is -2.36. The first kappa shape index (κ1) is 10.2. The van der Waals surface area contributed by atoms with Crippen molar-refractivity contribution in [2.75, 3.05) is 4.98 Å². The Hall–Kier alpha value is -0.843. The van der Waals surface area contributed by atoms with E-state index in [-0.39, 0.29) is 0 Å². The van der Waals surface area contributed by atoms with Crippen LogP contribution in [0.2, 0.25) is 18.1 Å². The van der Waals surface area contributed by atoms with Gasteiger partial charge in [-0.25, -0.2) is 10.1 Å². The molecule has 2 N–H and O–H groups in total. The van der Waals surface area contributed by atoms with E-state index < -0.39 is 8.24 Å². The molecule has 0 atom stereocenters. The number of nitrogens with zero attached hydrogens (tertiary/aromatic N) is 2. The van der Waals surface area contributed by atoms with Crippen molar-refractivity contribution in [3.05, 3.63) is 6.33 Å². The first-order valence-electron chi connectivity index (χ1n) is 4.46. The smallest absolute Gasteiger partial charge is 0.210 e. The van der Waals surface area contributed by atoms with Crippen molar-refractivity contribution in [3.63, 3.8) is 0 Å². The summed E-state index contributed by atoms with van der Waals surface area (Å²) in [5.74, 6) is 0.784. The summed E-state index contributed by atoms with van der Waals surface area (Å²) in [5.41, 5.74) is 0. The summed E-state index contributed by atoms with van der Waals surface area (Å²) in [6, 6.07) is 0. The zero-order valence-corrected chi connectivity index (χ0v) is 9.97. The summed E-state index contributed by atoms with van der Waals surface area (Å²) in [7, 11) is -1.49. The van der Waals surface area contributed by atoms with Crippen molar-refractivity contribution in [1.29, 1.82) is 0 Å². The van der Waals surface area contributed by atoms with Crippen LogP contribution in [0.4, 0.5) is 5.95 Å². The van der Waals surface area contributed by atoms with Crippen LogP contribution >= 0.6 is 0 Å². The lowest BCUT2D eigenvalue weighted by Crippen LogP contribution is -2.46. The largest absolute Gasteiger partial charge is 0.380 e. The quantitative estimate of drug-likeness (QED) is 0.716. The highest BCUT2D eigenvalue weighted by molar-refractivity contribution is 6.82. The Bertz CT molecular complexity index is 260. The molecule has 0 saturated carbocycles. The van der Waals surface area contributed by atoms with Crippen molar-refractivity contribution in [3.8, 4) is 0 Å². The van der Waals surface area contributed by atoms with E-state index >= 15 is 0 Å². The molecule has 0 aliphatic heterocycles. The first-order valence-corrected chi connectivity index (χ1v) is 7.46. The Kier molecular flexibility index (Phi) is 2.47. The predicted octanol–water partition coefficient (Wildman–Crippen LogP) is 2.22. The Morgan fingerprint density at radius 3 is 2.38 bits per heavy atom. The summed E-state index contributed by atoms with van der Waals surface area (Å²) >= 11 is 0. The third-order valence-electron chi connectivity index (χ3n) is 2.72. The highest BCUT2D eigenvalue weighted by Crippen LogP contribution is 2.35.